The molecule has 2 aromatic carbocycles. The van der Waals surface area contributed by atoms with Crippen LogP contribution in [-0.2, 0) is 12.3 Å². The van der Waals surface area contributed by atoms with Gasteiger partial charge < -0.3 is 0 Å². The van der Waals surface area contributed by atoms with Crippen LogP contribution in [0.25, 0.3) is 10.2 Å². The summed E-state index contributed by atoms with van der Waals surface area (Å²) in [4.78, 5) is 4.64. The molecule has 0 aliphatic carbocycles. The smallest absolute Gasteiger partial charge is 0.151 e. The fourth-order valence-corrected chi connectivity index (χ4v) is 4.36. The molecule has 6 heteroatoms. The van der Waals surface area contributed by atoms with Crippen molar-refractivity contribution in [2.45, 2.75) is 23.6 Å². The zero-order chi connectivity index (χ0) is 16.4. The molecule has 24 heavy (non-hydrogen) atoms. The Bertz CT molecular complexity index is 923. The molecule has 4 aromatic rings. The first-order chi connectivity index (χ1) is 11.8. The molecule has 0 radical (unpaired) electrons. The van der Waals surface area contributed by atoms with Crippen LogP contribution in [0.1, 0.15) is 16.8 Å². The van der Waals surface area contributed by atoms with Crippen molar-refractivity contribution in [3.05, 3.63) is 71.5 Å². The number of fused-ring (bicyclic) bond motifs is 1. The standard InChI is InChI=1S/C18H16N4S2/c1-13-6-8-14(9-7-13)10-22-11-15(20-21-22)12-23-18-19-16-4-2-3-5-17(16)24-18/h2-9,11H,10,12H2,1H3. The van der Waals surface area contributed by atoms with Crippen molar-refractivity contribution in [3.8, 4) is 0 Å². The molecular formula is C18H16N4S2. The van der Waals surface area contributed by atoms with E-state index in [0.717, 1.165) is 27.8 Å². The highest BCUT2D eigenvalue weighted by Gasteiger charge is 2.07. The molecule has 0 N–H and O–H groups in total. The zero-order valence-corrected chi connectivity index (χ0v) is 14.8. The second-order valence-corrected chi connectivity index (χ2v) is 7.88. The van der Waals surface area contributed by atoms with E-state index in [0.29, 0.717) is 0 Å². The molecule has 0 aliphatic heterocycles. The van der Waals surface area contributed by atoms with Gasteiger partial charge in [0.05, 0.1) is 22.5 Å². The Kier molecular flexibility index (Phi) is 4.32. The summed E-state index contributed by atoms with van der Waals surface area (Å²) in [5.74, 6) is 0.785. The number of benzene rings is 2. The van der Waals surface area contributed by atoms with Crippen LogP contribution in [0.4, 0.5) is 0 Å². The number of aromatic nitrogens is 4. The monoisotopic (exact) mass is 352 g/mol. The Morgan fingerprint density at radius 2 is 1.92 bits per heavy atom. The molecule has 0 saturated carbocycles. The Morgan fingerprint density at radius 3 is 2.75 bits per heavy atom. The van der Waals surface area contributed by atoms with Crippen molar-refractivity contribution in [3.63, 3.8) is 0 Å². The van der Waals surface area contributed by atoms with E-state index in [1.807, 2.05) is 29.1 Å². The Morgan fingerprint density at radius 1 is 1.08 bits per heavy atom. The topological polar surface area (TPSA) is 43.6 Å². The minimum Gasteiger partial charge on any atom is -0.248 e. The predicted molar refractivity (Wildman–Crippen MR) is 99.5 cm³/mol. The van der Waals surface area contributed by atoms with E-state index in [1.165, 1.54) is 15.8 Å². The summed E-state index contributed by atoms with van der Waals surface area (Å²) in [6, 6.07) is 16.7. The minimum absolute atomic E-state index is 0.749. The molecule has 0 atom stereocenters. The maximum Gasteiger partial charge on any atom is 0.151 e. The third-order valence-electron chi connectivity index (χ3n) is 3.67. The van der Waals surface area contributed by atoms with Gasteiger partial charge in [-0.05, 0) is 24.6 Å². The van der Waals surface area contributed by atoms with Gasteiger partial charge >= 0.3 is 0 Å². The summed E-state index contributed by atoms with van der Waals surface area (Å²) in [5.41, 5.74) is 4.54. The molecule has 120 valence electrons. The first kappa shape index (κ1) is 15.4. The number of thiazole rings is 1. The molecular weight excluding hydrogens is 336 g/mol. The lowest BCUT2D eigenvalue weighted by atomic mass is 10.1. The maximum absolute atomic E-state index is 4.64. The number of thioether (sulfide) groups is 1. The maximum atomic E-state index is 4.64. The first-order valence-electron chi connectivity index (χ1n) is 7.69. The highest BCUT2D eigenvalue weighted by atomic mass is 32.2. The fourth-order valence-electron chi connectivity index (χ4n) is 2.41. The molecule has 0 spiro atoms. The molecule has 2 heterocycles. The molecule has 4 rings (SSSR count). The SMILES string of the molecule is Cc1ccc(Cn2cc(CSc3nc4ccccc4s3)nn2)cc1. The molecule has 0 aliphatic rings. The fraction of sp³-hybridized carbons (Fsp3) is 0.167. The number of para-hydroxylation sites is 1. The van der Waals surface area contributed by atoms with E-state index in [2.05, 4.69) is 52.6 Å². The second-order valence-electron chi connectivity index (χ2n) is 5.63. The lowest BCUT2D eigenvalue weighted by Gasteiger charge is -2.01. The van der Waals surface area contributed by atoms with Gasteiger partial charge in [-0.15, -0.1) is 16.4 Å². The number of hydrogen-bond donors (Lipinski definition) is 0. The Labute approximate surface area is 148 Å². The van der Waals surface area contributed by atoms with Crippen LogP contribution in [-0.4, -0.2) is 20.0 Å². The van der Waals surface area contributed by atoms with Gasteiger partial charge in [0.2, 0.25) is 0 Å². The average Bonchev–Trinajstić information content (AvgIpc) is 3.21. The van der Waals surface area contributed by atoms with Gasteiger partial charge in [-0.25, -0.2) is 9.67 Å². The molecule has 0 fully saturated rings. The lowest BCUT2D eigenvalue weighted by molar-refractivity contribution is 0.649. The predicted octanol–water partition coefficient (Wildman–Crippen LogP) is 4.54. The van der Waals surface area contributed by atoms with E-state index in [4.69, 9.17) is 0 Å². The average molecular weight is 352 g/mol. The van der Waals surface area contributed by atoms with Crippen molar-refractivity contribution in [2.75, 3.05) is 0 Å². The molecule has 4 nitrogen and oxygen atoms in total. The molecule has 0 amide bonds. The van der Waals surface area contributed by atoms with Crippen LogP contribution in [0, 0.1) is 6.92 Å². The quantitative estimate of drug-likeness (QED) is 0.495. The van der Waals surface area contributed by atoms with Crippen LogP contribution in [0.2, 0.25) is 0 Å². The third-order valence-corrected chi connectivity index (χ3v) is 5.88. The summed E-state index contributed by atoms with van der Waals surface area (Å²) < 4.78 is 4.19. The summed E-state index contributed by atoms with van der Waals surface area (Å²) >= 11 is 3.44. The van der Waals surface area contributed by atoms with E-state index in [9.17, 15) is 0 Å². The Hall–Kier alpha value is -2.18. The largest absolute Gasteiger partial charge is 0.248 e. The van der Waals surface area contributed by atoms with Crippen LogP contribution < -0.4 is 0 Å². The van der Waals surface area contributed by atoms with Gasteiger partial charge in [-0.1, -0.05) is 58.9 Å². The van der Waals surface area contributed by atoms with Gasteiger partial charge in [-0.3, -0.25) is 0 Å². The van der Waals surface area contributed by atoms with E-state index in [-0.39, 0.29) is 0 Å². The summed E-state index contributed by atoms with van der Waals surface area (Å²) in [6.07, 6.45) is 2.01. The van der Waals surface area contributed by atoms with Crippen molar-refractivity contribution >= 4 is 33.3 Å². The molecule has 2 aromatic heterocycles. The van der Waals surface area contributed by atoms with Crippen LogP contribution in [0.5, 0.6) is 0 Å². The van der Waals surface area contributed by atoms with Crippen LogP contribution in [0.15, 0.2) is 59.1 Å². The van der Waals surface area contributed by atoms with Gasteiger partial charge in [0.1, 0.15) is 0 Å². The van der Waals surface area contributed by atoms with Crippen molar-refractivity contribution in [2.24, 2.45) is 0 Å². The normalized spacial score (nSPS) is 11.2. The van der Waals surface area contributed by atoms with Crippen LogP contribution in [0.3, 0.4) is 0 Å². The highest BCUT2D eigenvalue weighted by Crippen LogP contribution is 2.30. The lowest BCUT2D eigenvalue weighted by Crippen LogP contribution is -2.00. The minimum atomic E-state index is 0.749. The third kappa shape index (κ3) is 3.49. The van der Waals surface area contributed by atoms with E-state index < -0.39 is 0 Å². The number of nitrogens with zero attached hydrogens (tertiary/aromatic N) is 4. The molecule has 0 saturated heterocycles. The summed E-state index contributed by atoms with van der Waals surface area (Å²) in [5, 5.41) is 8.49. The van der Waals surface area contributed by atoms with Gasteiger partial charge in [0.25, 0.3) is 0 Å². The first-order valence-corrected chi connectivity index (χ1v) is 9.49. The molecule has 0 bridgehead atoms. The number of hydrogen-bond acceptors (Lipinski definition) is 5. The van der Waals surface area contributed by atoms with Crippen molar-refractivity contribution in [1.82, 2.24) is 20.0 Å². The number of rotatable bonds is 5. The molecule has 0 unspecified atom stereocenters. The second kappa shape index (κ2) is 6.75. The van der Waals surface area contributed by atoms with Crippen molar-refractivity contribution in [1.29, 1.82) is 0 Å². The Balaban J connectivity index is 1.40. The van der Waals surface area contributed by atoms with Crippen LogP contribution >= 0.6 is 23.1 Å². The van der Waals surface area contributed by atoms with E-state index >= 15 is 0 Å². The van der Waals surface area contributed by atoms with E-state index in [1.54, 1.807) is 23.1 Å². The van der Waals surface area contributed by atoms with Gasteiger partial charge in [0.15, 0.2) is 4.34 Å². The zero-order valence-electron chi connectivity index (χ0n) is 13.2. The van der Waals surface area contributed by atoms with Crippen molar-refractivity contribution < 1.29 is 0 Å². The van der Waals surface area contributed by atoms with Gasteiger partial charge in [0, 0.05) is 11.9 Å². The summed E-state index contributed by atoms with van der Waals surface area (Å²) in [6.45, 7) is 2.84. The highest BCUT2D eigenvalue weighted by molar-refractivity contribution is 8.00. The summed E-state index contributed by atoms with van der Waals surface area (Å²) in [7, 11) is 0. The number of aryl methyl sites for hydroxylation is 1. The van der Waals surface area contributed by atoms with Gasteiger partial charge in [-0.2, -0.15) is 0 Å².